The van der Waals surface area contributed by atoms with Crippen LogP contribution >= 0.6 is 11.6 Å². The lowest BCUT2D eigenvalue weighted by molar-refractivity contribution is 0.338. The van der Waals surface area contributed by atoms with Gasteiger partial charge in [-0.05, 0) is 54.8 Å². The first-order chi connectivity index (χ1) is 8.40. The Morgan fingerprint density at radius 1 is 1.28 bits per heavy atom. The topological polar surface area (TPSA) is 26.0 Å². The summed E-state index contributed by atoms with van der Waals surface area (Å²) >= 11 is 6.00. The Kier molecular flexibility index (Phi) is 6.17. The highest BCUT2D eigenvalue weighted by Crippen LogP contribution is 2.24. The van der Waals surface area contributed by atoms with Crippen LogP contribution in [0.1, 0.15) is 45.6 Å². The van der Waals surface area contributed by atoms with E-state index in [4.69, 9.17) is 17.3 Å². The number of nitrogens with two attached hydrogens (primary N) is 1. The molecule has 0 aliphatic carbocycles. The van der Waals surface area contributed by atoms with Crippen molar-refractivity contribution in [3.63, 3.8) is 0 Å². The zero-order chi connectivity index (χ0) is 13.6. The van der Waals surface area contributed by atoms with E-state index in [1.54, 1.807) is 0 Å². The predicted octanol–water partition coefficient (Wildman–Crippen LogP) is 4.67. The lowest BCUT2D eigenvalue weighted by Crippen LogP contribution is -2.17. The van der Waals surface area contributed by atoms with E-state index in [0.717, 1.165) is 18.0 Å². The van der Waals surface area contributed by atoms with E-state index in [1.807, 2.05) is 18.2 Å². The number of rotatable bonds is 6. The van der Waals surface area contributed by atoms with E-state index in [0.29, 0.717) is 11.3 Å². The summed E-state index contributed by atoms with van der Waals surface area (Å²) in [5, 5.41) is 0.818. The Balaban J connectivity index is 2.42. The van der Waals surface area contributed by atoms with Gasteiger partial charge in [0.05, 0.1) is 0 Å². The molecular formula is C16H26ClN. The highest BCUT2D eigenvalue weighted by Gasteiger charge is 2.13. The van der Waals surface area contributed by atoms with Crippen LogP contribution in [-0.2, 0) is 6.42 Å². The first-order valence-electron chi connectivity index (χ1n) is 6.85. The molecule has 1 aromatic carbocycles. The third-order valence-corrected chi connectivity index (χ3v) is 3.52. The molecule has 0 bridgehead atoms. The maximum Gasteiger partial charge on any atom is 0.0408 e. The van der Waals surface area contributed by atoms with Crippen molar-refractivity contribution in [1.82, 2.24) is 0 Å². The molecule has 2 heteroatoms. The van der Waals surface area contributed by atoms with E-state index >= 15 is 0 Å². The van der Waals surface area contributed by atoms with E-state index < -0.39 is 0 Å². The molecule has 0 amide bonds. The van der Waals surface area contributed by atoms with Gasteiger partial charge in [-0.2, -0.15) is 0 Å². The lowest BCUT2D eigenvalue weighted by Gasteiger charge is -2.20. The molecule has 0 aliphatic rings. The summed E-state index contributed by atoms with van der Waals surface area (Å²) in [7, 11) is 0. The molecule has 1 aromatic rings. The molecule has 0 aromatic heterocycles. The van der Waals surface area contributed by atoms with Crippen LogP contribution in [0.25, 0.3) is 0 Å². The van der Waals surface area contributed by atoms with E-state index in [-0.39, 0.29) is 0 Å². The first-order valence-corrected chi connectivity index (χ1v) is 7.23. The van der Waals surface area contributed by atoms with E-state index in [1.165, 1.54) is 24.8 Å². The van der Waals surface area contributed by atoms with Crippen molar-refractivity contribution in [2.24, 2.45) is 17.1 Å². The summed E-state index contributed by atoms with van der Waals surface area (Å²) < 4.78 is 0. The van der Waals surface area contributed by atoms with Gasteiger partial charge >= 0.3 is 0 Å². The maximum atomic E-state index is 6.00. The van der Waals surface area contributed by atoms with Gasteiger partial charge in [-0.3, -0.25) is 0 Å². The monoisotopic (exact) mass is 267 g/mol. The van der Waals surface area contributed by atoms with Gasteiger partial charge in [0.2, 0.25) is 0 Å². The van der Waals surface area contributed by atoms with Crippen molar-refractivity contribution in [2.45, 2.75) is 46.5 Å². The average Bonchev–Trinajstić information content (AvgIpc) is 2.26. The second-order valence-electron chi connectivity index (χ2n) is 6.39. The van der Waals surface area contributed by atoms with Crippen LogP contribution in [-0.4, -0.2) is 6.54 Å². The van der Waals surface area contributed by atoms with Gasteiger partial charge < -0.3 is 5.73 Å². The lowest BCUT2D eigenvalue weighted by atomic mass is 9.86. The maximum absolute atomic E-state index is 6.00. The normalized spacial score (nSPS) is 13.6. The third kappa shape index (κ3) is 6.42. The molecule has 1 unspecified atom stereocenters. The van der Waals surface area contributed by atoms with Gasteiger partial charge in [0.1, 0.15) is 0 Å². The van der Waals surface area contributed by atoms with Gasteiger partial charge in [-0.1, -0.05) is 50.9 Å². The van der Waals surface area contributed by atoms with E-state index in [2.05, 4.69) is 26.8 Å². The molecule has 0 aliphatic heterocycles. The highest BCUT2D eigenvalue weighted by atomic mass is 35.5. The fourth-order valence-corrected chi connectivity index (χ4v) is 2.43. The zero-order valence-corrected chi connectivity index (χ0v) is 12.6. The summed E-state index contributed by atoms with van der Waals surface area (Å²) in [6.07, 6.45) is 4.77. The smallest absolute Gasteiger partial charge is 0.0408 e. The van der Waals surface area contributed by atoms with Gasteiger partial charge in [0.15, 0.2) is 0 Å². The van der Waals surface area contributed by atoms with Crippen molar-refractivity contribution in [3.8, 4) is 0 Å². The van der Waals surface area contributed by atoms with Crippen molar-refractivity contribution in [2.75, 3.05) is 6.54 Å². The van der Waals surface area contributed by atoms with Crippen LogP contribution in [0.2, 0.25) is 5.02 Å². The fourth-order valence-electron chi connectivity index (χ4n) is 2.22. The molecule has 18 heavy (non-hydrogen) atoms. The standard InChI is InChI=1S/C16H26ClN/c1-16(2,3)9-5-7-14(12-18)10-13-6-4-8-15(17)11-13/h4,6,8,11,14H,5,7,9-10,12,18H2,1-3H3. The summed E-state index contributed by atoms with van der Waals surface area (Å²) in [6, 6.07) is 8.12. The third-order valence-electron chi connectivity index (χ3n) is 3.29. The number of halogens is 1. The van der Waals surface area contributed by atoms with Crippen LogP contribution in [0.4, 0.5) is 0 Å². The van der Waals surface area contributed by atoms with Crippen LogP contribution in [0.5, 0.6) is 0 Å². The molecule has 0 saturated carbocycles. The molecule has 1 rings (SSSR count). The molecule has 102 valence electrons. The minimum Gasteiger partial charge on any atom is -0.330 e. The number of hydrogen-bond donors (Lipinski definition) is 1. The second kappa shape index (κ2) is 7.16. The van der Waals surface area contributed by atoms with Gasteiger partial charge in [0, 0.05) is 5.02 Å². The SMILES string of the molecule is CC(C)(C)CCCC(CN)Cc1cccc(Cl)c1. The van der Waals surface area contributed by atoms with E-state index in [9.17, 15) is 0 Å². The average molecular weight is 268 g/mol. The Hall–Kier alpha value is -0.530. The molecule has 1 atom stereocenters. The quantitative estimate of drug-likeness (QED) is 0.796. The minimum atomic E-state index is 0.426. The number of hydrogen-bond acceptors (Lipinski definition) is 1. The second-order valence-corrected chi connectivity index (χ2v) is 6.83. The van der Waals surface area contributed by atoms with Crippen LogP contribution in [0, 0.1) is 11.3 Å². The molecule has 0 radical (unpaired) electrons. The van der Waals surface area contributed by atoms with Gasteiger partial charge in [-0.25, -0.2) is 0 Å². The van der Waals surface area contributed by atoms with Gasteiger partial charge in [-0.15, -0.1) is 0 Å². The summed E-state index contributed by atoms with van der Waals surface area (Å²) in [5.41, 5.74) is 7.60. The predicted molar refractivity (Wildman–Crippen MR) is 81.0 cm³/mol. The van der Waals surface area contributed by atoms with Crippen molar-refractivity contribution in [1.29, 1.82) is 0 Å². The highest BCUT2D eigenvalue weighted by molar-refractivity contribution is 6.30. The minimum absolute atomic E-state index is 0.426. The summed E-state index contributed by atoms with van der Waals surface area (Å²) in [6.45, 7) is 7.64. The number of benzene rings is 1. The van der Waals surface area contributed by atoms with Crippen LogP contribution in [0.15, 0.2) is 24.3 Å². The van der Waals surface area contributed by atoms with Crippen molar-refractivity contribution < 1.29 is 0 Å². The largest absolute Gasteiger partial charge is 0.330 e. The Morgan fingerprint density at radius 3 is 2.56 bits per heavy atom. The molecule has 2 N–H and O–H groups in total. The fraction of sp³-hybridized carbons (Fsp3) is 0.625. The Morgan fingerprint density at radius 2 is 2.00 bits per heavy atom. The van der Waals surface area contributed by atoms with Gasteiger partial charge in [0.25, 0.3) is 0 Å². The molecule has 1 nitrogen and oxygen atoms in total. The molecule has 0 fully saturated rings. The van der Waals surface area contributed by atoms with Crippen molar-refractivity contribution in [3.05, 3.63) is 34.9 Å². The molecular weight excluding hydrogens is 242 g/mol. The Labute approximate surface area is 117 Å². The molecule has 0 saturated heterocycles. The zero-order valence-electron chi connectivity index (χ0n) is 11.9. The summed E-state index contributed by atoms with van der Waals surface area (Å²) in [4.78, 5) is 0. The van der Waals surface area contributed by atoms with Crippen LogP contribution in [0.3, 0.4) is 0 Å². The Bertz CT molecular complexity index is 354. The van der Waals surface area contributed by atoms with Crippen molar-refractivity contribution >= 4 is 11.6 Å². The summed E-state index contributed by atoms with van der Waals surface area (Å²) in [5.74, 6) is 0.575. The molecule has 0 spiro atoms. The van der Waals surface area contributed by atoms with Crippen LogP contribution < -0.4 is 5.73 Å². The molecule has 0 heterocycles. The first kappa shape index (κ1) is 15.5.